The van der Waals surface area contributed by atoms with Gasteiger partial charge in [-0.2, -0.15) is 0 Å². The molecule has 0 aliphatic heterocycles. The molecule has 14 heavy (non-hydrogen) atoms. The maximum absolute atomic E-state index is 13.7. The highest BCUT2D eigenvalue weighted by Crippen LogP contribution is 2.26. The Balaban J connectivity index is 2.47. The van der Waals surface area contributed by atoms with E-state index < -0.39 is 6.17 Å². The van der Waals surface area contributed by atoms with Crippen molar-refractivity contribution in [1.82, 2.24) is 9.38 Å². The Morgan fingerprint density at radius 3 is 3.21 bits per heavy atom. The van der Waals surface area contributed by atoms with Crippen molar-refractivity contribution in [1.29, 1.82) is 0 Å². The number of thiazole rings is 1. The first-order valence-electron chi connectivity index (χ1n) is 4.50. The molecule has 0 saturated heterocycles. The molecule has 0 aliphatic carbocycles. The maximum atomic E-state index is 13.7. The predicted octanol–water partition coefficient (Wildman–Crippen LogP) is 2.06. The quantitative estimate of drug-likeness (QED) is 0.848. The summed E-state index contributed by atoms with van der Waals surface area (Å²) < 4.78 is 15.5. The summed E-state index contributed by atoms with van der Waals surface area (Å²) in [5.41, 5.74) is 6.74. The highest BCUT2D eigenvalue weighted by molar-refractivity contribution is 7.15. The minimum absolute atomic E-state index is 0.352. The summed E-state index contributed by atoms with van der Waals surface area (Å²) in [5, 5.41) is 1.90. The Morgan fingerprint density at radius 2 is 2.50 bits per heavy atom. The number of nitrogens with zero attached hydrogens (tertiary/aromatic N) is 2. The lowest BCUT2D eigenvalue weighted by atomic mass is 10.2. The van der Waals surface area contributed by atoms with E-state index >= 15 is 0 Å². The molecule has 0 radical (unpaired) electrons. The van der Waals surface area contributed by atoms with Crippen LogP contribution < -0.4 is 5.73 Å². The van der Waals surface area contributed by atoms with E-state index in [1.165, 1.54) is 11.3 Å². The second-order valence-corrected chi connectivity index (χ2v) is 4.06. The zero-order valence-electron chi connectivity index (χ0n) is 7.90. The number of halogens is 1. The van der Waals surface area contributed by atoms with Crippen LogP contribution in [0.25, 0.3) is 4.96 Å². The smallest absolute Gasteiger partial charge is 0.194 e. The van der Waals surface area contributed by atoms with E-state index in [-0.39, 0.29) is 0 Å². The predicted molar refractivity (Wildman–Crippen MR) is 55.3 cm³/mol. The molecular formula is C9H12FN3S. The van der Waals surface area contributed by atoms with Crippen molar-refractivity contribution in [2.75, 3.05) is 6.54 Å². The average molecular weight is 213 g/mol. The van der Waals surface area contributed by atoms with Crippen molar-refractivity contribution in [3.05, 3.63) is 23.0 Å². The number of imidazole rings is 1. The van der Waals surface area contributed by atoms with Gasteiger partial charge in [0.2, 0.25) is 0 Å². The van der Waals surface area contributed by atoms with Gasteiger partial charge in [0.15, 0.2) is 4.96 Å². The summed E-state index contributed by atoms with van der Waals surface area (Å²) >= 11 is 1.51. The van der Waals surface area contributed by atoms with E-state index in [9.17, 15) is 4.39 Å². The van der Waals surface area contributed by atoms with Crippen molar-refractivity contribution in [3.63, 3.8) is 0 Å². The van der Waals surface area contributed by atoms with Gasteiger partial charge in [0.1, 0.15) is 6.17 Å². The first kappa shape index (κ1) is 9.61. The van der Waals surface area contributed by atoms with Crippen LogP contribution in [0.1, 0.15) is 24.0 Å². The molecule has 0 bridgehead atoms. The third-order valence-corrected chi connectivity index (χ3v) is 2.96. The molecule has 0 fully saturated rings. The molecule has 2 aromatic heterocycles. The van der Waals surface area contributed by atoms with Crippen LogP contribution in [0.5, 0.6) is 0 Å². The van der Waals surface area contributed by atoms with Crippen LogP contribution in [-0.2, 0) is 0 Å². The van der Waals surface area contributed by atoms with Gasteiger partial charge in [0, 0.05) is 11.6 Å². The molecule has 5 heteroatoms. The molecule has 0 aliphatic rings. The molecule has 2 N–H and O–H groups in total. The van der Waals surface area contributed by atoms with Crippen LogP contribution in [0.4, 0.5) is 4.39 Å². The van der Waals surface area contributed by atoms with E-state index in [4.69, 9.17) is 5.73 Å². The van der Waals surface area contributed by atoms with Crippen LogP contribution in [0, 0.1) is 6.92 Å². The van der Waals surface area contributed by atoms with E-state index in [0.717, 1.165) is 10.7 Å². The summed E-state index contributed by atoms with van der Waals surface area (Å²) in [6, 6.07) is 0. The minimum Gasteiger partial charge on any atom is -0.330 e. The number of aromatic nitrogens is 2. The Bertz CT molecular complexity index is 434. The number of fused-ring (bicyclic) bond motifs is 1. The standard InChI is InChI=1S/C9H12FN3S/c1-6-8(7(10)2-3-11)13-4-5-14-9(13)12-6/h4-5,7H,2-3,11H2,1H3. The Hall–Kier alpha value is -0.940. The van der Waals surface area contributed by atoms with Crippen LogP contribution in [0.3, 0.4) is 0 Å². The summed E-state index contributed by atoms with van der Waals surface area (Å²) in [4.78, 5) is 5.12. The highest BCUT2D eigenvalue weighted by atomic mass is 32.1. The van der Waals surface area contributed by atoms with Gasteiger partial charge in [-0.25, -0.2) is 9.37 Å². The third-order valence-electron chi connectivity index (χ3n) is 2.20. The number of alkyl halides is 1. The zero-order chi connectivity index (χ0) is 10.1. The van der Waals surface area contributed by atoms with E-state index in [0.29, 0.717) is 18.7 Å². The van der Waals surface area contributed by atoms with Crippen LogP contribution >= 0.6 is 11.3 Å². The van der Waals surface area contributed by atoms with Gasteiger partial charge < -0.3 is 5.73 Å². The lowest BCUT2D eigenvalue weighted by Gasteiger charge is -2.06. The van der Waals surface area contributed by atoms with E-state index in [1.54, 1.807) is 4.40 Å². The van der Waals surface area contributed by atoms with Crippen LogP contribution in [0.15, 0.2) is 11.6 Å². The molecular weight excluding hydrogens is 201 g/mol. The Morgan fingerprint density at radius 1 is 1.71 bits per heavy atom. The fourth-order valence-corrected chi connectivity index (χ4v) is 2.34. The lowest BCUT2D eigenvalue weighted by Crippen LogP contribution is -2.06. The van der Waals surface area contributed by atoms with Crippen molar-refractivity contribution in [2.45, 2.75) is 19.5 Å². The minimum atomic E-state index is -1.01. The normalized spacial score (nSPS) is 13.6. The molecule has 0 spiro atoms. The van der Waals surface area contributed by atoms with Gasteiger partial charge in [0.25, 0.3) is 0 Å². The van der Waals surface area contributed by atoms with Crippen molar-refractivity contribution in [3.8, 4) is 0 Å². The van der Waals surface area contributed by atoms with E-state index in [2.05, 4.69) is 4.98 Å². The van der Waals surface area contributed by atoms with Gasteiger partial charge in [-0.3, -0.25) is 4.40 Å². The van der Waals surface area contributed by atoms with Gasteiger partial charge in [-0.1, -0.05) is 0 Å². The number of aryl methyl sites for hydroxylation is 1. The average Bonchev–Trinajstić information content (AvgIpc) is 2.63. The number of rotatable bonds is 3. The Labute approximate surface area is 85.4 Å². The molecule has 76 valence electrons. The Kier molecular flexibility index (Phi) is 2.52. The molecule has 3 nitrogen and oxygen atoms in total. The second kappa shape index (κ2) is 3.67. The maximum Gasteiger partial charge on any atom is 0.194 e. The molecule has 0 amide bonds. The van der Waals surface area contributed by atoms with Crippen molar-refractivity contribution in [2.24, 2.45) is 5.73 Å². The molecule has 1 unspecified atom stereocenters. The second-order valence-electron chi connectivity index (χ2n) is 3.18. The molecule has 2 heterocycles. The number of hydrogen-bond acceptors (Lipinski definition) is 3. The highest BCUT2D eigenvalue weighted by Gasteiger charge is 2.18. The van der Waals surface area contributed by atoms with Crippen LogP contribution in [-0.4, -0.2) is 15.9 Å². The van der Waals surface area contributed by atoms with Gasteiger partial charge in [0.05, 0.1) is 11.4 Å². The first-order chi connectivity index (χ1) is 6.74. The molecule has 0 saturated carbocycles. The van der Waals surface area contributed by atoms with Crippen molar-refractivity contribution >= 4 is 16.3 Å². The fraction of sp³-hybridized carbons (Fsp3) is 0.444. The third kappa shape index (κ3) is 1.42. The molecule has 1 atom stereocenters. The topological polar surface area (TPSA) is 43.3 Å². The van der Waals surface area contributed by atoms with Gasteiger partial charge >= 0.3 is 0 Å². The van der Waals surface area contributed by atoms with Gasteiger partial charge in [-0.05, 0) is 19.9 Å². The summed E-state index contributed by atoms with van der Waals surface area (Å²) in [6.07, 6.45) is 1.19. The molecule has 2 aromatic rings. The SMILES string of the molecule is Cc1nc2sccn2c1C(F)CCN. The monoisotopic (exact) mass is 213 g/mol. The van der Waals surface area contributed by atoms with Crippen LogP contribution in [0.2, 0.25) is 0 Å². The summed E-state index contributed by atoms with van der Waals surface area (Å²) in [7, 11) is 0. The molecule has 2 rings (SSSR count). The van der Waals surface area contributed by atoms with Crippen molar-refractivity contribution < 1.29 is 4.39 Å². The number of hydrogen-bond donors (Lipinski definition) is 1. The zero-order valence-corrected chi connectivity index (χ0v) is 8.72. The largest absolute Gasteiger partial charge is 0.330 e. The fourth-order valence-electron chi connectivity index (χ4n) is 1.57. The summed E-state index contributed by atoms with van der Waals surface area (Å²) in [5.74, 6) is 0. The lowest BCUT2D eigenvalue weighted by molar-refractivity contribution is 0.317. The summed E-state index contributed by atoms with van der Waals surface area (Å²) in [6.45, 7) is 2.19. The molecule has 0 aromatic carbocycles. The first-order valence-corrected chi connectivity index (χ1v) is 5.38. The van der Waals surface area contributed by atoms with E-state index in [1.807, 2.05) is 18.5 Å². The number of nitrogens with two attached hydrogens (primary N) is 1. The van der Waals surface area contributed by atoms with Gasteiger partial charge in [-0.15, -0.1) is 11.3 Å².